The lowest BCUT2D eigenvalue weighted by atomic mass is 10.1. The van der Waals surface area contributed by atoms with Crippen LogP contribution in [-0.2, 0) is 6.54 Å². The Morgan fingerprint density at radius 2 is 1.70 bits per heavy atom. The van der Waals surface area contributed by atoms with E-state index in [4.69, 9.17) is 11.6 Å². The number of rotatable bonds is 5. The van der Waals surface area contributed by atoms with Crippen LogP contribution in [0.4, 0.5) is 5.95 Å². The van der Waals surface area contributed by atoms with Crippen LogP contribution in [0.15, 0.2) is 67.0 Å². The fourth-order valence-electron chi connectivity index (χ4n) is 2.11. The van der Waals surface area contributed by atoms with Gasteiger partial charge in [0.1, 0.15) is 0 Å². The Kier molecular flexibility index (Phi) is 4.64. The van der Waals surface area contributed by atoms with Crippen LogP contribution in [0, 0.1) is 0 Å². The molecule has 0 aliphatic carbocycles. The van der Waals surface area contributed by atoms with Gasteiger partial charge < -0.3 is 5.32 Å². The number of anilines is 1. The summed E-state index contributed by atoms with van der Waals surface area (Å²) in [5.74, 6) is 0.332. The zero-order valence-corrected chi connectivity index (χ0v) is 13.0. The maximum atomic E-state index is 12.3. The van der Waals surface area contributed by atoms with E-state index in [0.717, 1.165) is 5.56 Å². The lowest BCUT2D eigenvalue weighted by Crippen LogP contribution is -2.07. The second-order valence-corrected chi connectivity index (χ2v) is 5.41. The van der Waals surface area contributed by atoms with Crippen molar-refractivity contribution < 1.29 is 4.79 Å². The molecule has 0 radical (unpaired) electrons. The van der Waals surface area contributed by atoms with Crippen molar-refractivity contribution in [2.75, 3.05) is 5.32 Å². The Hall–Kier alpha value is -2.72. The average molecular weight is 324 g/mol. The highest BCUT2D eigenvalue weighted by Gasteiger charge is 2.10. The first-order chi connectivity index (χ1) is 11.2. The number of hydrogen-bond acceptors (Lipinski definition) is 4. The van der Waals surface area contributed by atoms with Gasteiger partial charge in [-0.05, 0) is 17.7 Å². The summed E-state index contributed by atoms with van der Waals surface area (Å²) in [6.45, 7) is 0.627. The molecule has 5 heteroatoms. The first-order valence-electron chi connectivity index (χ1n) is 7.12. The number of nitrogens with one attached hydrogen (secondary N) is 1. The minimum Gasteiger partial charge on any atom is -0.350 e. The first kappa shape index (κ1) is 15.2. The summed E-state index contributed by atoms with van der Waals surface area (Å²) in [6.07, 6.45) is 3.03. The number of hydrogen-bond donors (Lipinski definition) is 1. The lowest BCUT2D eigenvalue weighted by molar-refractivity contribution is 0.103. The van der Waals surface area contributed by atoms with Gasteiger partial charge in [0.05, 0.1) is 5.56 Å². The zero-order valence-electron chi connectivity index (χ0n) is 12.2. The SMILES string of the molecule is O=C(c1cnc(NCc2ccccc2)nc1)c1cccc(Cl)c1. The summed E-state index contributed by atoms with van der Waals surface area (Å²) in [7, 11) is 0. The predicted octanol–water partition coefficient (Wildman–Crippen LogP) is 3.97. The Balaban J connectivity index is 1.68. The van der Waals surface area contributed by atoms with Crippen molar-refractivity contribution in [3.05, 3.63) is 88.7 Å². The number of nitrogens with zero attached hydrogens (tertiary/aromatic N) is 2. The van der Waals surface area contributed by atoms with Crippen LogP contribution in [0.5, 0.6) is 0 Å². The zero-order chi connectivity index (χ0) is 16.1. The Labute approximate surface area is 139 Å². The molecule has 0 saturated carbocycles. The van der Waals surface area contributed by atoms with Crippen LogP contribution in [-0.4, -0.2) is 15.8 Å². The van der Waals surface area contributed by atoms with Crippen molar-refractivity contribution >= 4 is 23.3 Å². The molecule has 0 aliphatic rings. The van der Waals surface area contributed by atoms with E-state index in [1.165, 1.54) is 12.4 Å². The molecule has 1 aromatic heterocycles. The molecule has 2 aromatic carbocycles. The molecule has 3 rings (SSSR count). The summed E-state index contributed by atoms with van der Waals surface area (Å²) in [6, 6.07) is 16.8. The summed E-state index contributed by atoms with van der Waals surface area (Å²) < 4.78 is 0. The van der Waals surface area contributed by atoms with Gasteiger partial charge in [0.25, 0.3) is 0 Å². The van der Waals surface area contributed by atoms with E-state index in [2.05, 4.69) is 15.3 Å². The molecule has 114 valence electrons. The van der Waals surface area contributed by atoms with Crippen LogP contribution in [0.2, 0.25) is 5.02 Å². The molecule has 0 aliphatic heterocycles. The second kappa shape index (κ2) is 7.03. The fraction of sp³-hybridized carbons (Fsp3) is 0.0556. The molecule has 0 bridgehead atoms. The molecule has 1 N–H and O–H groups in total. The number of aromatic nitrogens is 2. The number of benzene rings is 2. The van der Waals surface area contributed by atoms with E-state index in [0.29, 0.717) is 28.6 Å². The minimum absolute atomic E-state index is 0.151. The van der Waals surface area contributed by atoms with Gasteiger partial charge in [-0.15, -0.1) is 0 Å². The molecule has 23 heavy (non-hydrogen) atoms. The Morgan fingerprint density at radius 3 is 2.39 bits per heavy atom. The van der Waals surface area contributed by atoms with E-state index in [1.54, 1.807) is 24.3 Å². The van der Waals surface area contributed by atoms with E-state index >= 15 is 0 Å². The van der Waals surface area contributed by atoms with Crippen LogP contribution in [0.25, 0.3) is 0 Å². The van der Waals surface area contributed by atoms with Gasteiger partial charge in [-0.3, -0.25) is 4.79 Å². The van der Waals surface area contributed by atoms with Crippen LogP contribution in [0.1, 0.15) is 21.5 Å². The number of carbonyl (C=O) groups is 1. The third-order valence-corrected chi connectivity index (χ3v) is 3.53. The largest absolute Gasteiger partial charge is 0.350 e. The third-order valence-electron chi connectivity index (χ3n) is 3.29. The Bertz CT molecular complexity index is 804. The second-order valence-electron chi connectivity index (χ2n) is 4.97. The highest BCUT2D eigenvalue weighted by molar-refractivity contribution is 6.31. The van der Waals surface area contributed by atoms with Crippen LogP contribution in [0.3, 0.4) is 0 Å². The summed E-state index contributed by atoms with van der Waals surface area (Å²) in [4.78, 5) is 20.7. The molecule has 0 saturated heterocycles. The molecule has 1 heterocycles. The maximum absolute atomic E-state index is 12.3. The highest BCUT2D eigenvalue weighted by atomic mass is 35.5. The fourth-order valence-corrected chi connectivity index (χ4v) is 2.30. The van der Waals surface area contributed by atoms with Crippen LogP contribution >= 0.6 is 11.6 Å². The van der Waals surface area contributed by atoms with Gasteiger partial charge in [-0.25, -0.2) is 9.97 Å². The van der Waals surface area contributed by atoms with Gasteiger partial charge in [-0.2, -0.15) is 0 Å². The first-order valence-corrected chi connectivity index (χ1v) is 7.50. The molecule has 0 spiro atoms. The maximum Gasteiger partial charge on any atom is 0.222 e. The van der Waals surface area contributed by atoms with E-state index in [-0.39, 0.29) is 5.78 Å². The molecule has 4 nitrogen and oxygen atoms in total. The topological polar surface area (TPSA) is 54.9 Å². The highest BCUT2D eigenvalue weighted by Crippen LogP contribution is 2.14. The third kappa shape index (κ3) is 3.93. The molecule has 0 atom stereocenters. The standard InChI is InChI=1S/C18H14ClN3O/c19-16-8-4-7-14(9-16)17(23)15-11-21-18(22-12-15)20-10-13-5-2-1-3-6-13/h1-9,11-12H,10H2,(H,20,21,22). The lowest BCUT2D eigenvalue weighted by Gasteiger charge is -2.06. The molecule has 0 fully saturated rings. The molecular formula is C18H14ClN3O. The van der Waals surface area contributed by atoms with Gasteiger partial charge in [0.2, 0.25) is 5.95 Å². The van der Waals surface area contributed by atoms with Gasteiger partial charge in [0.15, 0.2) is 5.78 Å². The number of ketones is 1. The monoisotopic (exact) mass is 323 g/mol. The summed E-state index contributed by atoms with van der Waals surface area (Å²) in [5, 5.41) is 3.65. The van der Waals surface area contributed by atoms with Crippen LogP contribution < -0.4 is 5.32 Å². The molecule has 3 aromatic rings. The molecule has 0 amide bonds. The van der Waals surface area contributed by atoms with Crippen molar-refractivity contribution in [2.45, 2.75) is 6.54 Å². The van der Waals surface area contributed by atoms with Gasteiger partial charge >= 0.3 is 0 Å². The molecule has 0 unspecified atom stereocenters. The van der Waals surface area contributed by atoms with Crippen molar-refractivity contribution in [1.29, 1.82) is 0 Å². The molecular weight excluding hydrogens is 310 g/mol. The number of halogens is 1. The quantitative estimate of drug-likeness (QED) is 0.722. The number of carbonyl (C=O) groups excluding carboxylic acids is 1. The Morgan fingerprint density at radius 1 is 0.957 bits per heavy atom. The van der Waals surface area contributed by atoms with Crippen molar-refractivity contribution in [3.63, 3.8) is 0 Å². The van der Waals surface area contributed by atoms with E-state index < -0.39 is 0 Å². The van der Waals surface area contributed by atoms with Crippen molar-refractivity contribution in [3.8, 4) is 0 Å². The van der Waals surface area contributed by atoms with Crippen molar-refractivity contribution in [2.24, 2.45) is 0 Å². The summed E-state index contributed by atoms with van der Waals surface area (Å²) >= 11 is 5.91. The van der Waals surface area contributed by atoms with Crippen molar-refractivity contribution in [1.82, 2.24) is 9.97 Å². The predicted molar refractivity (Wildman–Crippen MR) is 90.7 cm³/mol. The van der Waals surface area contributed by atoms with E-state index in [1.807, 2.05) is 30.3 Å². The van der Waals surface area contributed by atoms with Gasteiger partial charge in [-0.1, -0.05) is 54.1 Å². The average Bonchev–Trinajstić information content (AvgIpc) is 2.61. The smallest absolute Gasteiger partial charge is 0.222 e. The summed E-state index contributed by atoms with van der Waals surface area (Å²) in [5.41, 5.74) is 2.08. The normalized spacial score (nSPS) is 10.3. The van der Waals surface area contributed by atoms with Gasteiger partial charge in [0, 0.05) is 29.5 Å². The minimum atomic E-state index is -0.151. The van der Waals surface area contributed by atoms with E-state index in [9.17, 15) is 4.79 Å².